The summed E-state index contributed by atoms with van der Waals surface area (Å²) < 4.78 is 35.3. The summed E-state index contributed by atoms with van der Waals surface area (Å²) in [7, 11) is 0. The molecule has 0 spiro atoms. The van der Waals surface area contributed by atoms with Crippen LogP contribution in [0.3, 0.4) is 0 Å². The second kappa shape index (κ2) is 10.2. The molecule has 0 saturated carbocycles. The van der Waals surface area contributed by atoms with E-state index in [-0.39, 0.29) is 17.5 Å². The molecule has 4 heterocycles. The first kappa shape index (κ1) is 23.6. The van der Waals surface area contributed by atoms with Crippen molar-refractivity contribution in [3.05, 3.63) is 65.4 Å². The Bertz CT molecular complexity index is 1180. The van der Waals surface area contributed by atoms with Gasteiger partial charge < -0.3 is 15.0 Å². The fourth-order valence-electron chi connectivity index (χ4n) is 4.60. The highest BCUT2D eigenvalue weighted by atomic mass is 19.1. The maximum Gasteiger partial charge on any atom is 0.178 e. The van der Waals surface area contributed by atoms with Crippen LogP contribution in [0.2, 0.25) is 0 Å². The summed E-state index contributed by atoms with van der Waals surface area (Å²) in [5.74, 6) is -0.208. The van der Waals surface area contributed by atoms with E-state index < -0.39 is 11.6 Å². The molecule has 0 unspecified atom stereocenters. The minimum atomic E-state index is -0.516. The summed E-state index contributed by atoms with van der Waals surface area (Å²) in [6.45, 7) is 9.96. The number of hydrogen-bond donors (Lipinski definition) is 1. The summed E-state index contributed by atoms with van der Waals surface area (Å²) in [5, 5.41) is 3.35. The monoisotopic (exact) mass is 480 g/mol. The van der Waals surface area contributed by atoms with Crippen LogP contribution in [0, 0.1) is 11.6 Å². The van der Waals surface area contributed by atoms with Crippen molar-refractivity contribution in [2.45, 2.75) is 32.9 Å². The van der Waals surface area contributed by atoms with Crippen LogP contribution in [-0.2, 0) is 13.0 Å². The molecule has 2 aliphatic heterocycles. The van der Waals surface area contributed by atoms with Gasteiger partial charge in [0.15, 0.2) is 11.6 Å². The molecule has 3 aromatic rings. The number of anilines is 1. The number of ether oxygens (including phenoxy) is 1. The normalized spacial score (nSPS) is 16.3. The zero-order valence-electron chi connectivity index (χ0n) is 20.1. The van der Waals surface area contributed by atoms with E-state index in [0.29, 0.717) is 42.3 Å². The van der Waals surface area contributed by atoms with Crippen molar-refractivity contribution in [3.8, 4) is 17.0 Å². The second-order valence-corrected chi connectivity index (χ2v) is 9.29. The molecule has 1 N–H and O–H groups in total. The van der Waals surface area contributed by atoms with Gasteiger partial charge in [-0.2, -0.15) is 0 Å². The molecular formula is C26H30F2N6O. The van der Waals surface area contributed by atoms with Crippen molar-refractivity contribution in [3.63, 3.8) is 0 Å². The largest absolute Gasteiger partial charge is 0.486 e. The van der Waals surface area contributed by atoms with Crippen molar-refractivity contribution in [1.82, 2.24) is 25.2 Å². The first-order chi connectivity index (χ1) is 17.0. The number of fused-ring (bicyclic) bond motifs is 1. The van der Waals surface area contributed by atoms with Crippen molar-refractivity contribution in [2.24, 2.45) is 0 Å². The van der Waals surface area contributed by atoms with Gasteiger partial charge in [0.2, 0.25) is 0 Å². The summed E-state index contributed by atoms with van der Waals surface area (Å²) in [6.07, 6.45) is 4.04. The molecule has 9 heteroatoms. The van der Waals surface area contributed by atoms with Gasteiger partial charge in [-0.1, -0.05) is 0 Å². The van der Waals surface area contributed by atoms with Crippen LogP contribution in [-0.4, -0.2) is 65.2 Å². The summed E-state index contributed by atoms with van der Waals surface area (Å²) in [5.41, 5.74) is 2.78. The van der Waals surface area contributed by atoms with E-state index in [1.54, 1.807) is 12.1 Å². The van der Waals surface area contributed by atoms with Gasteiger partial charge in [-0.05, 0) is 38.1 Å². The average Bonchev–Trinajstić information content (AvgIpc) is 2.86. The van der Waals surface area contributed by atoms with Gasteiger partial charge in [-0.15, -0.1) is 0 Å². The number of nitrogens with zero attached hydrogens (tertiary/aromatic N) is 5. The van der Waals surface area contributed by atoms with Crippen LogP contribution in [0.5, 0.6) is 5.75 Å². The second-order valence-electron chi connectivity index (χ2n) is 9.29. The number of halogens is 2. The Balaban J connectivity index is 1.37. The Morgan fingerprint density at radius 1 is 1.03 bits per heavy atom. The van der Waals surface area contributed by atoms with E-state index in [1.807, 2.05) is 26.2 Å². The molecule has 184 valence electrons. The summed E-state index contributed by atoms with van der Waals surface area (Å²) in [6, 6.07) is 6.19. The molecule has 1 saturated heterocycles. The van der Waals surface area contributed by atoms with E-state index in [1.165, 1.54) is 12.1 Å². The van der Waals surface area contributed by atoms with Crippen LogP contribution in [0.4, 0.5) is 14.5 Å². The maximum atomic E-state index is 14.9. The Morgan fingerprint density at radius 3 is 2.54 bits per heavy atom. The molecule has 0 atom stereocenters. The average molecular weight is 481 g/mol. The molecule has 2 aromatic heterocycles. The molecular weight excluding hydrogens is 450 g/mol. The SMILES string of the molecule is CC(C)N1CCOc2c(F)cc(-c3nc(Cc4ncc(CN5CCNCC5)cn4)ccc3F)cc21. The third kappa shape index (κ3) is 5.26. The zero-order chi connectivity index (χ0) is 24.4. The molecule has 1 aromatic carbocycles. The molecule has 35 heavy (non-hydrogen) atoms. The highest BCUT2D eigenvalue weighted by Crippen LogP contribution is 2.39. The van der Waals surface area contributed by atoms with Gasteiger partial charge in [-0.3, -0.25) is 4.90 Å². The predicted octanol–water partition coefficient (Wildman–Crippen LogP) is 3.42. The first-order valence-corrected chi connectivity index (χ1v) is 12.1. The molecule has 1 fully saturated rings. The van der Waals surface area contributed by atoms with E-state index >= 15 is 0 Å². The molecule has 0 radical (unpaired) electrons. The zero-order valence-corrected chi connectivity index (χ0v) is 20.1. The summed E-state index contributed by atoms with van der Waals surface area (Å²) >= 11 is 0. The van der Waals surface area contributed by atoms with Crippen LogP contribution in [0.15, 0.2) is 36.7 Å². The fraction of sp³-hybridized carbons (Fsp3) is 0.423. The smallest absolute Gasteiger partial charge is 0.178 e. The predicted molar refractivity (Wildman–Crippen MR) is 131 cm³/mol. The molecule has 2 aliphatic rings. The van der Waals surface area contributed by atoms with Crippen LogP contribution < -0.4 is 15.0 Å². The van der Waals surface area contributed by atoms with Gasteiger partial charge >= 0.3 is 0 Å². The number of pyridine rings is 1. The minimum absolute atomic E-state index is 0.105. The number of piperazine rings is 1. The summed E-state index contributed by atoms with van der Waals surface area (Å²) in [4.78, 5) is 17.9. The Morgan fingerprint density at radius 2 is 1.80 bits per heavy atom. The number of nitrogens with one attached hydrogen (secondary N) is 1. The van der Waals surface area contributed by atoms with Gasteiger partial charge in [-0.25, -0.2) is 23.7 Å². The highest BCUT2D eigenvalue weighted by Gasteiger charge is 2.25. The Hall–Kier alpha value is -3.17. The van der Waals surface area contributed by atoms with Crippen molar-refractivity contribution < 1.29 is 13.5 Å². The van der Waals surface area contributed by atoms with E-state index in [2.05, 4.69) is 30.1 Å². The number of aromatic nitrogens is 3. The third-order valence-corrected chi connectivity index (χ3v) is 6.43. The fourth-order valence-corrected chi connectivity index (χ4v) is 4.60. The number of hydrogen-bond acceptors (Lipinski definition) is 7. The van der Waals surface area contributed by atoms with E-state index in [4.69, 9.17) is 4.74 Å². The molecule has 5 rings (SSSR count). The standard InChI is InChI=1S/C26H30F2N6O/c1-17(2)34-9-10-35-26-22(28)11-19(12-23(26)34)25-21(27)4-3-20(32-25)13-24-30-14-18(15-31-24)16-33-7-5-29-6-8-33/h3-4,11-12,14-15,17,29H,5-10,13,16H2,1-2H3. The van der Waals surface area contributed by atoms with Crippen molar-refractivity contribution >= 4 is 5.69 Å². The number of benzene rings is 1. The maximum absolute atomic E-state index is 14.9. The molecule has 0 aliphatic carbocycles. The Labute approximate surface area is 204 Å². The lowest BCUT2D eigenvalue weighted by molar-refractivity contribution is 0.232. The Kier molecular flexibility index (Phi) is 6.88. The lowest BCUT2D eigenvalue weighted by Crippen LogP contribution is -2.42. The van der Waals surface area contributed by atoms with Crippen LogP contribution in [0.1, 0.15) is 30.9 Å². The van der Waals surface area contributed by atoms with Crippen molar-refractivity contribution in [2.75, 3.05) is 44.2 Å². The van der Waals surface area contributed by atoms with Crippen LogP contribution in [0.25, 0.3) is 11.3 Å². The molecule has 0 amide bonds. The van der Waals surface area contributed by atoms with E-state index in [9.17, 15) is 8.78 Å². The third-order valence-electron chi connectivity index (χ3n) is 6.43. The van der Waals surface area contributed by atoms with Gasteiger partial charge in [0, 0.05) is 68.0 Å². The van der Waals surface area contributed by atoms with Gasteiger partial charge in [0.05, 0.1) is 18.7 Å². The van der Waals surface area contributed by atoms with Gasteiger partial charge in [0.25, 0.3) is 0 Å². The molecule has 0 bridgehead atoms. The lowest BCUT2D eigenvalue weighted by Gasteiger charge is -2.34. The van der Waals surface area contributed by atoms with Gasteiger partial charge in [0.1, 0.15) is 23.9 Å². The van der Waals surface area contributed by atoms with Crippen molar-refractivity contribution in [1.29, 1.82) is 0 Å². The van der Waals surface area contributed by atoms with E-state index in [0.717, 1.165) is 38.3 Å². The number of rotatable bonds is 6. The lowest BCUT2D eigenvalue weighted by atomic mass is 10.1. The molecule has 7 nitrogen and oxygen atoms in total. The highest BCUT2D eigenvalue weighted by molar-refractivity contribution is 5.72. The topological polar surface area (TPSA) is 66.4 Å². The quantitative estimate of drug-likeness (QED) is 0.580. The minimum Gasteiger partial charge on any atom is -0.486 e. The first-order valence-electron chi connectivity index (χ1n) is 12.1. The van der Waals surface area contributed by atoms with Crippen LogP contribution >= 0.6 is 0 Å².